The first-order valence-corrected chi connectivity index (χ1v) is 9.11. The molecule has 0 atom stereocenters. The number of hydrogen-bond acceptors (Lipinski definition) is 7. The minimum absolute atomic E-state index is 0.0351. The van der Waals surface area contributed by atoms with Gasteiger partial charge in [-0.15, -0.1) is 11.8 Å². The molecule has 9 heteroatoms. The quantitative estimate of drug-likeness (QED) is 0.324. The van der Waals surface area contributed by atoms with E-state index in [1.165, 1.54) is 23.9 Å². The molecule has 26 heavy (non-hydrogen) atoms. The fraction of sp³-hybridized carbons (Fsp3) is 0.235. The van der Waals surface area contributed by atoms with Crippen LogP contribution in [0.2, 0.25) is 5.02 Å². The smallest absolute Gasteiger partial charge is 0.340 e. The van der Waals surface area contributed by atoms with Crippen LogP contribution < -0.4 is 4.74 Å². The number of benzene rings is 2. The number of thioether (sulfide) groups is 1. The van der Waals surface area contributed by atoms with Gasteiger partial charge in [-0.05, 0) is 24.5 Å². The second-order valence-electron chi connectivity index (χ2n) is 5.38. The van der Waals surface area contributed by atoms with Gasteiger partial charge in [-0.3, -0.25) is 10.1 Å². The van der Waals surface area contributed by atoms with Crippen LogP contribution in [-0.4, -0.2) is 23.9 Å². The van der Waals surface area contributed by atoms with E-state index in [1.807, 2.05) is 6.26 Å². The lowest BCUT2D eigenvalue weighted by atomic mass is 10.1. The Morgan fingerprint density at radius 1 is 1.38 bits per heavy atom. The van der Waals surface area contributed by atoms with Crippen molar-refractivity contribution in [2.24, 2.45) is 0 Å². The predicted octanol–water partition coefficient (Wildman–Crippen LogP) is 4.19. The van der Waals surface area contributed by atoms with Crippen molar-refractivity contribution in [3.05, 3.63) is 62.2 Å². The van der Waals surface area contributed by atoms with Gasteiger partial charge in [0.05, 0.1) is 22.1 Å². The zero-order chi connectivity index (χ0) is 18.7. The predicted molar refractivity (Wildman–Crippen MR) is 95.7 cm³/mol. The van der Waals surface area contributed by atoms with Gasteiger partial charge in [0.1, 0.15) is 12.4 Å². The van der Waals surface area contributed by atoms with Gasteiger partial charge >= 0.3 is 5.97 Å². The van der Waals surface area contributed by atoms with E-state index >= 15 is 0 Å². The summed E-state index contributed by atoms with van der Waals surface area (Å²) in [5.41, 5.74) is 1.07. The molecule has 7 nitrogen and oxygen atoms in total. The van der Waals surface area contributed by atoms with E-state index in [0.717, 1.165) is 4.90 Å². The number of nitrogens with zero attached hydrogens (tertiary/aromatic N) is 1. The summed E-state index contributed by atoms with van der Waals surface area (Å²) >= 11 is 7.54. The number of halogens is 1. The number of fused-ring (bicyclic) bond motifs is 1. The molecule has 0 amide bonds. The van der Waals surface area contributed by atoms with Crippen LogP contribution >= 0.6 is 23.4 Å². The van der Waals surface area contributed by atoms with Crippen molar-refractivity contribution in [1.29, 1.82) is 0 Å². The molecular weight excluding hydrogens is 382 g/mol. The summed E-state index contributed by atoms with van der Waals surface area (Å²) < 4.78 is 15.9. The standard InChI is InChI=1S/C17H14ClNO6S/c1-26-13-2-3-15(18)14(6-13)17(20)24-8-11-5-12(19(21)22)4-10-7-23-9-25-16(10)11/h2-6H,7-9H2,1H3. The molecule has 0 aromatic heterocycles. The highest BCUT2D eigenvalue weighted by molar-refractivity contribution is 7.98. The fourth-order valence-corrected chi connectivity index (χ4v) is 3.14. The zero-order valence-electron chi connectivity index (χ0n) is 13.7. The van der Waals surface area contributed by atoms with Crippen LogP contribution in [0.4, 0.5) is 5.69 Å². The van der Waals surface area contributed by atoms with Gasteiger partial charge in [-0.25, -0.2) is 4.79 Å². The second-order valence-corrected chi connectivity index (χ2v) is 6.67. The average molecular weight is 396 g/mol. The van der Waals surface area contributed by atoms with Crippen molar-refractivity contribution in [3.63, 3.8) is 0 Å². The topological polar surface area (TPSA) is 87.9 Å². The highest BCUT2D eigenvalue weighted by Gasteiger charge is 2.22. The zero-order valence-corrected chi connectivity index (χ0v) is 15.3. The molecule has 0 aliphatic carbocycles. The molecule has 0 spiro atoms. The number of hydrogen-bond donors (Lipinski definition) is 0. The van der Waals surface area contributed by atoms with Crippen LogP contribution in [0.15, 0.2) is 35.2 Å². The molecular formula is C17H14ClNO6S. The number of nitro benzene ring substituents is 1. The molecule has 0 saturated heterocycles. The van der Waals surface area contributed by atoms with Gasteiger partial charge in [-0.1, -0.05) is 11.6 Å². The third kappa shape index (κ3) is 3.92. The maximum Gasteiger partial charge on any atom is 0.340 e. The summed E-state index contributed by atoms with van der Waals surface area (Å²) in [6, 6.07) is 7.78. The Kier molecular flexibility index (Phi) is 5.65. The van der Waals surface area contributed by atoms with Crippen LogP contribution in [0.25, 0.3) is 0 Å². The molecule has 0 fully saturated rings. The molecule has 1 aliphatic heterocycles. The monoisotopic (exact) mass is 395 g/mol. The van der Waals surface area contributed by atoms with Gasteiger partial charge in [-0.2, -0.15) is 0 Å². The molecule has 0 bridgehead atoms. The van der Waals surface area contributed by atoms with E-state index in [1.54, 1.807) is 18.2 Å². The SMILES string of the molecule is CSc1ccc(Cl)c(C(=O)OCc2cc([N+](=O)[O-])cc3c2OCOC3)c1. The van der Waals surface area contributed by atoms with Gasteiger partial charge in [0, 0.05) is 28.2 Å². The second kappa shape index (κ2) is 7.94. The normalized spacial score (nSPS) is 12.8. The van der Waals surface area contributed by atoms with Gasteiger partial charge < -0.3 is 14.2 Å². The number of carbonyl (C=O) groups is 1. The van der Waals surface area contributed by atoms with Gasteiger partial charge in [0.2, 0.25) is 0 Å². The Bertz CT molecular complexity index is 873. The van der Waals surface area contributed by atoms with Crippen LogP contribution in [0.3, 0.4) is 0 Å². The molecule has 1 aliphatic rings. The number of nitro groups is 1. The van der Waals surface area contributed by atoms with E-state index in [0.29, 0.717) is 16.9 Å². The minimum atomic E-state index is -0.613. The lowest BCUT2D eigenvalue weighted by molar-refractivity contribution is -0.385. The van der Waals surface area contributed by atoms with E-state index < -0.39 is 10.9 Å². The number of ether oxygens (including phenoxy) is 3. The minimum Gasteiger partial charge on any atom is -0.467 e. The molecule has 0 saturated carbocycles. The van der Waals surface area contributed by atoms with Crippen LogP contribution in [0, 0.1) is 10.1 Å². The van der Waals surface area contributed by atoms with Crippen LogP contribution in [-0.2, 0) is 22.7 Å². The molecule has 1 heterocycles. The summed E-state index contributed by atoms with van der Waals surface area (Å²) in [5, 5.41) is 11.4. The third-order valence-electron chi connectivity index (χ3n) is 3.73. The van der Waals surface area contributed by atoms with E-state index in [4.69, 9.17) is 25.8 Å². The Morgan fingerprint density at radius 3 is 2.92 bits per heavy atom. The molecule has 2 aromatic rings. The molecule has 136 valence electrons. The van der Waals surface area contributed by atoms with Crippen molar-refractivity contribution in [2.75, 3.05) is 13.0 Å². The van der Waals surface area contributed by atoms with E-state index in [2.05, 4.69) is 0 Å². The van der Waals surface area contributed by atoms with Gasteiger partial charge in [0.15, 0.2) is 6.79 Å². The molecule has 3 rings (SSSR count). The molecule has 0 N–H and O–H groups in total. The maximum absolute atomic E-state index is 12.4. The maximum atomic E-state index is 12.4. The Labute approximate surface area is 158 Å². The highest BCUT2D eigenvalue weighted by atomic mass is 35.5. The van der Waals surface area contributed by atoms with Gasteiger partial charge in [0.25, 0.3) is 5.69 Å². The average Bonchev–Trinajstić information content (AvgIpc) is 2.65. The number of esters is 1. The Morgan fingerprint density at radius 2 is 2.19 bits per heavy atom. The summed E-state index contributed by atoms with van der Waals surface area (Å²) in [5.74, 6) is -0.170. The first kappa shape index (κ1) is 18.5. The lowest BCUT2D eigenvalue weighted by Crippen LogP contribution is -2.15. The number of non-ortho nitro benzene ring substituents is 1. The Balaban J connectivity index is 1.84. The molecule has 0 radical (unpaired) electrons. The van der Waals surface area contributed by atoms with Crippen molar-refractivity contribution in [1.82, 2.24) is 0 Å². The lowest BCUT2D eigenvalue weighted by Gasteiger charge is -2.20. The van der Waals surface area contributed by atoms with Crippen LogP contribution in [0.5, 0.6) is 5.75 Å². The number of carbonyl (C=O) groups excluding carboxylic acids is 1. The van der Waals surface area contributed by atoms with Crippen molar-refractivity contribution in [2.45, 2.75) is 18.1 Å². The number of rotatable bonds is 5. The molecule has 0 unspecified atom stereocenters. The van der Waals surface area contributed by atoms with Crippen molar-refractivity contribution in [3.8, 4) is 5.75 Å². The molecule has 2 aromatic carbocycles. The van der Waals surface area contributed by atoms with Crippen molar-refractivity contribution < 1.29 is 23.9 Å². The summed E-state index contributed by atoms with van der Waals surface area (Å²) in [6.07, 6.45) is 1.88. The van der Waals surface area contributed by atoms with E-state index in [-0.39, 0.29) is 36.3 Å². The largest absolute Gasteiger partial charge is 0.467 e. The van der Waals surface area contributed by atoms with Crippen LogP contribution in [0.1, 0.15) is 21.5 Å². The third-order valence-corrected chi connectivity index (χ3v) is 4.79. The first-order chi connectivity index (χ1) is 12.5. The summed E-state index contributed by atoms with van der Waals surface area (Å²) in [7, 11) is 0. The first-order valence-electron chi connectivity index (χ1n) is 7.51. The summed E-state index contributed by atoms with van der Waals surface area (Å²) in [6.45, 7) is 0.0512. The van der Waals surface area contributed by atoms with Crippen molar-refractivity contribution >= 4 is 35.0 Å². The Hall–Kier alpha value is -2.29. The summed E-state index contributed by atoms with van der Waals surface area (Å²) in [4.78, 5) is 23.8. The highest BCUT2D eigenvalue weighted by Crippen LogP contribution is 2.33. The fourth-order valence-electron chi connectivity index (χ4n) is 2.50. The van der Waals surface area contributed by atoms with E-state index in [9.17, 15) is 14.9 Å².